The van der Waals surface area contributed by atoms with Gasteiger partial charge in [-0.3, -0.25) is 9.59 Å². The third kappa shape index (κ3) is 7.36. The number of carbonyl (C=O) groups excluding carboxylic acids is 3. The number of phenolic OH excluding ortho intramolecular Hbond substituents is 1. The van der Waals surface area contributed by atoms with Gasteiger partial charge in [-0.15, -0.1) is 10.2 Å². The molecule has 3 aromatic carbocycles. The highest BCUT2D eigenvalue weighted by Crippen LogP contribution is 2.37. The number of nitrogens with two attached hydrogens (primary N) is 1. The first kappa shape index (κ1) is 35.1. The number of piperidine rings is 1. The fourth-order valence-corrected chi connectivity index (χ4v) is 8.25. The molecule has 3 aliphatic rings. The number of amides is 2. The zero-order chi connectivity index (χ0) is 36.2. The third-order valence-electron chi connectivity index (χ3n) is 11.3. The van der Waals surface area contributed by atoms with Gasteiger partial charge in [0.25, 0.3) is 5.91 Å². The molecule has 1 aliphatic carbocycles. The largest absolute Gasteiger partial charge is 0.507 e. The lowest BCUT2D eigenvalue weighted by Crippen LogP contribution is -2.44. The number of rotatable bonds is 11. The molecule has 11 nitrogen and oxygen atoms in total. The Morgan fingerprint density at radius 1 is 0.942 bits per heavy atom. The molecule has 1 saturated carbocycles. The smallest absolute Gasteiger partial charge is 0.255 e. The van der Waals surface area contributed by atoms with Gasteiger partial charge in [-0.2, -0.15) is 0 Å². The maximum absolute atomic E-state index is 13.3. The molecule has 0 radical (unpaired) electrons. The molecule has 1 aromatic heterocycles. The maximum atomic E-state index is 13.3. The predicted molar refractivity (Wildman–Crippen MR) is 202 cm³/mol. The van der Waals surface area contributed by atoms with Crippen LogP contribution in [-0.4, -0.2) is 81.5 Å². The summed E-state index contributed by atoms with van der Waals surface area (Å²) < 4.78 is 0. The van der Waals surface area contributed by atoms with E-state index in [9.17, 15) is 19.5 Å². The van der Waals surface area contributed by atoms with Crippen LogP contribution < -0.4 is 16.4 Å². The Hall–Kier alpha value is -5.29. The first-order chi connectivity index (χ1) is 25.3. The normalized spacial score (nSPS) is 19.9. The lowest BCUT2D eigenvalue weighted by Gasteiger charge is -2.41. The molecule has 52 heavy (non-hydrogen) atoms. The highest BCUT2D eigenvalue weighted by molar-refractivity contribution is 6.01. The summed E-state index contributed by atoms with van der Waals surface area (Å²) in [5.41, 5.74) is 13.1. The second kappa shape index (κ2) is 15.5. The molecule has 2 amide bonds. The van der Waals surface area contributed by atoms with Crippen molar-refractivity contribution in [1.82, 2.24) is 25.3 Å². The van der Waals surface area contributed by atoms with Crippen molar-refractivity contribution in [2.75, 3.05) is 31.2 Å². The van der Waals surface area contributed by atoms with Crippen LogP contribution in [0.3, 0.4) is 0 Å². The van der Waals surface area contributed by atoms with Crippen LogP contribution in [0.2, 0.25) is 0 Å². The van der Waals surface area contributed by atoms with Gasteiger partial charge in [0.05, 0.1) is 11.7 Å². The van der Waals surface area contributed by atoms with E-state index < -0.39 is 6.04 Å². The second-order valence-electron chi connectivity index (χ2n) is 14.3. The van der Waals surface area contributed by atoms with E-state index in [1.807, 2.05) is 36.4 Å². The minimum atomic E-state index is -0.626. The number of anilines is 2. The Labute approximate surface area is 304 Å². The minimum absolute atomic E-state index is 0.142. The van der Waals surface area contributed by atoms with E-state index in [0.29, 0.717) is 53.6 Å². The van der Waals surface area contributed by atoms with Gasteiger partial charge in [-0.05, 0) is 105 Å². The Balaban J connectivity index is 0.908. The van der Waals surface area contributed by atoms with Crippen molar-refractivity contribution in [2.45, 2.75) is 82.0 Å². The molecule has 1 atom stereocenters. The molecule has 0 bridgehead atoms. The first-order valence-electron chi connectivity index (χ1n) is 18.4. The molecular weight excluding hydrogens is 654 g/mol. The molecule has 5 N–H and O–H groups in total. The fraction of sp³-hybridized carbons (Fsp3) is 0.390. The number of aromatic nitrogens is 2. The van der Waals surface area contributed by atoms with Crippen molar-refractivity contribution in [1.29, 1.82) is 0 Å². The molecule has 270 valence electrons. The zero-order valence-electron chi connectivity index (χ0n) is 29.6. The summed E-state index contributed by atoms with van der Waals surface area (Å²) in [5.74, 6) is 0.739. The number of hydrogen-bond acceptors (Lipinski definition) is 9. The number of nitrogen functional groups attached to an aromatic ring is 1. The summed E-state index contributed by atoms with van der Waals surface area (Å²) in [6, 6.07) is 23.7. The minimum Gasteiger partial charge on any atom is -0.507 e. The maximum Gasteiger partial charge on any atom is 0.255 e. The van der Waals surface area contributed by atoms with Crippen molar-refractivity contribution >= 4 is 29.6 Å². The molecule has 4 aromatic rings. The summed E-state index contributed by atoms with van der Waals surface area (Å²) in [5, 5.41) is 25.0. The lowest BCUT2D eigenvalue weighted by molar-refractivity contribution is -0.121. The van der Waals surface area contributed by atoms with Crippen LogP contribution >= 0.6 is 0 Å². The standard InChI is InChI=1S/C41H47N7O4/c1-43-39(51)18-17-31(25-49)48-24-35-32(41(48)52)6-4-7-36(35)44-29-13-15-30(16-14-29)47-21-19-27(20-22-47)26-9-11-28(12-10-26)34-23-37(45-46-40(34)42)33-5-2-3-8-38(33)50/h2-12,23,25,27,29-31,44,50H,13-22,24H2,1H3,(H2,42,46)(H,43,51). The second-order valence-corrected chi connectivity index (χ2v) is 14.3. The number of nitrogens with one attached hydrogen (secondary N) is 2. The molecule has 2 aliphatic heterocycles. The number of nitrogens with zero attached hydrogens (tertiary/aromatic N) is 4. The van der Waals surface area contributed by atoms with Gasteiger partial charge in [-0.25, -0.2) is 0 Å². The van der Waals surface area contributed by atoms with E-state index >= 15 is 0 Å². The average molecular weight is 702 g/mol. The van der Waals surface area contributed by atoms with E-state index in [-0.39, 0.29) is 24.0 Å². The first-order valence-corrected chi connectivity index (χ1v) is 18.4. The number of likely N-dealkylation sites (tertiary alicyclic amines) is 1. The van der Waals surface area contributed by atoms with E-state index in [4.69, 9.17) is 5.73 Å². The van der Waals surface area contributed by atoms with Crippen LogP contribution in [-0.2, 0) is 16.1 Å². The van der Waals surface area contributed by atoms with E-state index in [2.05, 4.69) is 50.0 Å². The lowest BCUT2D eigenvalue weighted by atomic mass is 9.85. The van der Waals surface area contributed by atoms with Crippen molar-refractivity contribution < 1.29 is 19.5 Å². The molecular formula is C41H47N7O4. The number of aromatic hydroxyl groups is 1. The van der Waals surface area contributed by atoms with Gasteiger partial charge in [0.2, 0.25) is 5.91 Å². The van der Waals surface area contributed by atoms with Gasteiger partial charge >= 0.3 is 0 Å². The van der Waals surface area contributed by atoms with Gasteiger partial charge in [0.1, 0.15) is 12.0 Å². The zero-order valence-corrected chi connectivity index (χ0v) is 29.6. The van der Waals surface area contributed by atoms with Crippen LogP contribution in [0.1, 0.15) is 78.8 Å². The van der Waals surface area contributed by atoms with Gasteiger partial charge in [0.15, 0.2) is 5.82 Å². The number of aldehydes is 1. The topological polar surface area (TPSA) is 154 Å². The van der Waals surface area contributed by atoms with Gasteiger partial charge < -0.3 is 36.1 Å². The number of fused-ring (bicyclic) bond motifs is 1. The number of para-hydroxylation sites is 1. The Kier molecular flexibility index (Phi) is 10.5. The summed E-state index contributed by atoms with van der Waals surface area (Å²) in [6.45, 7) is 2.54. The van der Waals surface area contributed by atoms with Crippen molar-refractivity contribution in [3.05, 3.63) is 89.5 Å². The fourth-order valence-electron chi connectivity index (χ4n) is 8.25. The number of phenols is 1. The highest BCUT2D eigenvalue weighted by atomic mass is 16.3. The van der Waals surface area contributed by atoms with E-state index in [0.717, 1.165) is 80.3 Å². The summed E-state index contributed by atoms with van der Waals surface area (Å²) in [6.07, 6.45) is 7.94. The summed E-state index contributed by atoms with van der Waals surface area (Å²) >= 11 is 0. The molecule has 0 spiro atoms. The SMILES string of the molecule is CNC(=O)CCC(C=O)N1Cc2c(NC3CCC(N4CCC(c5ccc(-c6cc(-c7ccccc7O)nnc6N)cc5)CC4)CC3)cccc2C1=O. The van der Waals surface area contributed by atoms with Crippen LogP contribution in [0, 0.1) is 0 Å². The van der Waals surface area contributed by atoms with Crippen molar-refractivity contribution in [3.63, 3.8) is 0 Å². The van der Waals surface area contributed by atoms with Crippen molar-refractivity contribution in [3.8, 4) is 28.1 Å². The Morgan fingerprint density at radius 2 is 1.67 bits per heavy atom. The van der Waals surface area contributed by atoms with E-state index in [1.165, 1.54) is 5.56 Å². The van der Waals surface area contributed by atoms with Gasteiger partial charge in [-0.1, -0.05) is 42.5 Å². The molecule has 2 fully saturated rings. The summed E-state index contributed by atoms with van der Waals surface area (Å²) in [4.78, 5) is 41.2. The molecule has 3 heterocycles. The van der Waals surface area contributed by atoms with Crippen molar-refractivity contribution in [2.24, 2.45) is 0 Å². The summed E-state index contributed by atoms with van der Waals surface area (Å²) in [7, 11) is 1.57. The quantitative estimate of drug-likeness (QED) is 0.143. The van der Waals surface area contributed by atoms with Crippen LogP contribution in [0.4, 0.5) is 11.5 Å². The van der Waals surface area contributed by atoms with Gasteiger partial charge in [0, 0.05) is 60.0 Å². The Morgan fingerprint density at radius 3 is 2.38 bits per heavy atom. The number of benzene rings is 3. The molecule has 1 unspecified atom stereocenters. The third-order valence-corrected chi connectivity index (χ3v) is 11.3. The number of carbonyl (C=O) groups is 3. The number of hydrogen-bond donors (Lipinski definition) is 4. The molecule has 1 saturated heterocycles. The average Bonchev–Trinajstić information content (AvgIpc) is 3.52. The highest BCUT2D eigenvalue weighted by Gasteiger charge is 2.35. The monoisotopic (exact) mass is 701 g/mol. The Bertz CT molecular complexity index is 1920. The predicted octanol–water partition coefficient (Wildman–Crippen LogP) is 5.75. The van der Waals surface area contributed by atoms with Crippen LogP contribution in [0.25, 0.3) is 22.4 Å². The molecule has 7 rings (SSSR count). The van der Waals surface area contributed by atoms with Crippen LogP contribution in [0.15, 0.2) is 72.8 Å². The van der Waals surface area contributed by atoms with Crippen LogP contribution in [0.5, 0.6) is 5.75 Å². The van der Waals surface area contributed by atoms with E-state index in [1.54, 1.807) is 24.1 Å². The molecule has 11 heteroatoms.